The number of hydrogen-bond donors (Lipinski definition) is 3. The van der Waals surface area contributed by atoms with Gasteiger partial charge in [-0.15, -0.1) is 0 Å². The molecular formula is C34H38ClN5O3. The number of anilines is 1. The summed E-state index contributed by atoms with van der Waals surface area (Å²) in [4.78, 5) is 48.0. The van der Waals surface area contributed by atoms with Crippen molar-refractivity contribution in [2.24, 2.45) is 0 Å². The maximum Gasteiger partial charge on any atom is 0.256 e. The maximum atomic E-state index is 13.9. The van der Waals surface area contributed by atoms with Crippen LogP contribution in [0.4, 0.5) is 5.69 Å². The van der Waals surface area contributed by atoms with Gasteiger partial charge in [-0.3, -0.25) is 14.4 Å². The van der Waals surface area contributed by atoms with Crippen LogP contribution in [0.2, 0.25) is 5.02 Å². The van der Waals surface area contributed by atoms with E-state index < -0.39 is 0 Å². The van der Waals surface area contributed by atoms with E-state index >= 15 is 0 Å². The first-order valence-electron chi connectivity index (χ1n) is 15.2. The van der Waals surface area contributed by atoms with Crippen molar-refractivity contribution in [3.8, 4) is 0 Å². The molecule has 43 heavy (non-hydrogen) atoms. The number of carbonyl (C=O) groups excluding carboxylic acids is 3. The molecule has 2 fully saturated rings. The van der Waals surface area contributed by atoms with E-state index in [0.717, 1.165) is 61.5 Å². The lowest BCUT2D eigenvalue weighted by molar-refractivity contribution is -0.110. The van der Waals surface area contributed by atoms with Gasteiger partial charge < -0.3 is 25.4 Å². The highest BCUT2D eigenvalue weighted by molar-refractivity contribution is 6.35. The Kier molecular flexibility index (Phi) is 8.16. The van der Waals surface area contributed by atoms with Crippen LogP contribution >= 0.6 is 11.6 Å². The van der Waals surface area contributed by atoms with Crippen LogP contribution in [0, 0.1) is 13.8 Å². The Morgan fingerprint density at radius 1 is 1.09 bits per heavy atom. The normalized spacial score (nSPS) is 20.0. The fraction of sp³-hybridized carbons (Fsp3) is 0.382. The number of hydrogen-bond acceptors (Lipinski definition) is 4. The van der Waals surface area contributed by atoms with Crippen LogP contribution in [0.3, 0.4) is 0 Å². The number of aryl methyl sites for hydroxylation is 1. The summed E-state index contributed by atoms with van der Waals surface area (Å²) in [6.07, 6.45) is 6.32. The van der Waals surface area contributed by atoms with Gasteiger partial charge in [0, 0.05) is 52.4 Å². The monoisotopic (exact) mass is 599 g/mol. The standard InChI is InChI=1S/C34H38ClN5O3/c1-20-30(36-22(3)31(20)34(43)40-15-7-10-26(40)19-39-13-4-5-14-39)18-28-27-17-24(11-12-29(27)38-33(28)42)32(41)37-21(2)23-8-6-9-25(35)16-23/h6,8-9,11-12,16-18,21,26,36H,4-5,7,10,13-15,19H2,1-3H3,(H,37,41)(H,38,42). The van der Waals surface area contributed by atoms with Crippen LogP contribution in [0.15, 0.2) is 42.5 Å². The topological polar surface area (TPSA) is 97.5 Å². The number of rotatable bonds is 7. The molecule has 224 valence electrons. The minimum absolute atomic E-state index is 0.0571. The van der Waals surface area contributed by atoms with Crippen molar-refractivity contribution in [3.05, 3.63) is 86.7 Å². The lowest BCUT2D eigenvalue weighted by Crippen LogP contribution is -2.42. The van der Waals surface area contributed by atoms with Crippen LogP contribution < -0.4 is 10.6 Å². The zero-order valence-electron chi connectivity index (χ0n) is 24.9. The predicted molar refractivity (Wildman–Crippen MR) is 170 cm³/mol. The van der Waals surface area contributed by atoms with E-state index in [0.29, 0.717) is 33.0 Å². The van der Waals surface area contributed by atoms with Crippen LogP contribution in [0.25, 0.3) is 11.6 Å². The van der Waals surface area contributed by atoms with E-state index in [2.05, 4.69) is 20.5 Å². The van der Waals surface area contributed by atoms with E-state index in [1.54, 1.807) is 30.3 Å². The smallest absolute Gasteiger partial charge is 0.256 e. The van der Waals surface area contributed by atoms with Gasteiger partial charge in [-0.25, -0.2) is 0 Å². The molecule has 2 saturated heterocycles. The van der Waals surface area contributed by atoms with E-state index in [-0.39, 0.29) is 29.8 Å². The molecule has 0 spiro atoms. The number of aromatic amines is 1. The van der Waals surface area contributed by atoms with Crippen LogP contribution in [0.1, 0.15) is 87.4 Å². The van der Waals surface area contributed by atoms with Gasteiger partial charge in [0.1, 0.15) is 0 Å². The number of nitrogens with zero attached hydrogens (tertiary/aromatic N) is 2. The van der Waals surface area contributed by atoms with Gasteiger partial charge in [-0.05, 0) is 107 Å². The van der Waals surface area contributed by atoms with E-state index in [1.807, 2.05) is 43.9 Å². The number of benzene rings is 2. The van der Waals surface area contributed by atoms with Crippen molar-refractivity contribution in [2.75, 3.05) is 31.5 Å². The molecule has 0 aliphatic carbocycles. The van der Waals surface area contributed by atoms with Gasteiger partial charge in [0.25, 0.3) is 17.7 Å². The second-order valence-corrected chi connectivity index (χ2v) is 12.4. The highest BCUT2D eigenvalue weighted by atomic mass is 35.5. The van der Waals surface area contributed by atoms with E-state index in [1.165, 1.54) is 12.8 Å². The number of likely N-dealkylation sites (tertiary alicyclic amines) is 2. The minimum atomic E-state index is -0.250. The lowest BCUT2D eigenvalue weighted by Gasteiger charge is -2.28. The van der Waals surface area contributed by atoms with Crippen LogP contribution in [-0.4, -0.2) is 64.7 Å². The number of halogens is 1. The molecule has 8 nitrogen and oxygen atoms in total. The van der Waals surface area contributed by atoms with Crippen LogP contribution in [0.5, 0.6) is 0 Å². The first-order chi connectivity index (χ1) is 20.7. The molecule has 6 rings (SSSR count). The summed E-state index contributed by atoms with van der Waals surface area (Å²) in [7, 11) is 0. The lowest BCUT2D eigenvalue weighted by atomic mass is 10.0. The number of nitrogens with one attached hydrogen (secondary N) is 3. The molecular weight excluding hydrogens is 562 g/mol. The Morgan fingerprint density at radius 2 is 1.88 bits per heavy atom. The van der Waals surface area contributed by atoms with Gasteiger partial charge in [0.2, 0.25) is 0 Å². The number of carbonyl (C=O) groups is 3. The summed E-state index contributed by atoms with van der Waals surface area (Å²) in [6, 6.07) is 12.6. The average Bonchev–Trinajstić information content (AvgIpc) is 3.77. The molecule has 4 heterocycles. The Hall–Kier alpha value is -3.88. The fourth-order valence-corrected chi connectivity index (χ4v) is 6.89. The second kappa shape index (κ2) is 12.0. The third-order valence-corrected chi connectivity index (χ3v) is 9.28. The summed E-state index contributed by atoms with van der Waals surface area (Å²) >= 11 is 6.13. The maximum absolute atomic E-state index is 13.9. The molecule has 3 amide bonds. The Labute approximate surface area is 257 Å². The molecule has 0 saturated carbocycles. The largest absolute Gasteiger partial charge is 0.358 e. The zero-order valence-corrected chi connectivity index (χ0v) is 25.7. The molecule has 0 bridgehead atoms. The second-order valence-electron chi connectivity index (χ2n) is 12.0. The fourth-order valence-electron chi connectivity index (χ4n) is 6.70. The van der Waals surface area contributed by atoms with Gasteiger partial charge in [0.05, 0.1) is 17.2 Å². The Morgan fingerprint density at radius 3 is 2.65 bits per heavy atom. The summed E-state index contributed by atoms with van der Waals surface area (Å²) in [5.41, 5.74) is 6.12. The van der Waals surface area contributed by atoms with Gasteiger partial charge >= 0.3 is 0 Å². The van der Waals surface area contributed by atoms with E-state index in [4.69, 9.17) is 11.6 Å². The number of H-pyrrole nitrogens is 1. The average molecular weight is 600 g/mol. The third-order valence-electron chi connectivity index (χ3n) is 9.05. The molecule has 3 aromatic rings. The first kappa shape index (κ1) is 29.2. The van der Waals surface area contributed by atoms with Crippen molar-refractivity contribution in [3.63, 3.8) is 0 Å². The first-order valence-corrected chi connectivity index (χ1v) is 15.5. The molecule has 2 aromatic carbocycles. The van der Waals surface area contributed by atoms with Gasteiger partial charge in [-0.2, -0.15) is 0 Å². The molecule has 9 heteroatoms. The Balaban J connectivity index is 1.24. The number of amides is 3. The SMILES string of the molecule is Cc1[nH]c(C=C2C(=O)Nc3ccc(C(=O)NC(C)c4cccc(Cl)c4)cc32)c(C)c1C(=O)N1CCCC1CN1CCCC1. The molecule has 3 aliphatic heterocycles. The van der Waals surface area contributed by atoms with Crippen molar-refractivity contribution in [1.29, 1.82) is 0 Å². The Bertz CT molecular complexity index is 1620. The predicted octanol–water partition coefficient (Wildman–Crippen LogP) is 5.97. The molecule has 3 N–H and O–H groups in total. The number of aromatic nitrogens is 1. The van der Waals surface area contributed by atoms with Gasteiger partial charge in [0.15, 0.2) is 0 Å². The highest BCUT2D eigenvalue weighted by Gasteiger charge is 2.34. The van der Waals surface area contributed by atoms with Crippen molar-refractivity contribution < 1.29 is 14.4 Å². The van der Waals surface area contributed by atoms with Crippen molar-refractivity contribution in [1.82, 2.24) is 20.1 Å². The molecule has 2 unspecified atom stereocenters. The molecule has 3 aliphatic rings. The third kappa shape index (κ3) is 5.86. The summed E-state index contributed by atoms with van der Waals surface area (Å²) in [6.45, 7) is 9.70. The molecule has 2 atom stereocenters. The highest BCUT2D eigenvalue weighted by Crippen LogP contribution is 2.35. The van der Waals surface area contributed by atoms with Crippen molar-refractivity contribution in [2.45, 2.75) is 58.5 Å². The summed E-state index contributed by atoms with van der Waals surface area (Å²) in [5.74, 6) is -0.436. The van der Waals surface area contributed by atoms with Crippen molar-refractivity contribution >= 4 is 46.7 Å². The van der Waals surface area contributed by atoms with Gasteiger partial charge in [-0.1, -0.05) is 23.7 Å². The molecule has 0 radical (unpaired) electrons. The van der Waals surface area contributed by atoms with Crippen LogP contribution in [-0.2, 0) is 4.79 Å². The summed E-state index contributed by atoms with van der Waals surface area (Å²) < 4.78 is 0. The minimum Gasteiger partial charge on any atom is -0.358 e. The van der Waals surface area contributed by atoms with E-state index in [9.17, 15) is 14.4 Å². The quantitative estimate of drug-likeness (QED) is 0.292. The number of fused-ring (bicyclic) bond motifs is 1. The summed E-state index contributed by atoms with van der Waals surface area (Å²) in [5, 5.41) is 6.53. The molecule has 1 aromatic heterocycles. The zero-order chi connectivity index (χ0) is 30.2.